The summed E-state index contributed by atoms with van der Waals surface area (Å²) in [7, 11) is 0. The summed E-state index contributed by atoms with van der Waals surface area (Å²) in [5.41, 5.74) is 5.51. The molecule has 2 aromatic heterocycles. The Kier molecular flexibility index (Phi) is 4.40. The van der Waals surface area contributed by atoms with Crippen molar-refractivity contribution in [1.82, 2.24) is 9.55 Å². The van der Waals surface area contributed by atoms with Crippen molar-refractivity contribution in [1.29, 1.82) is 0 Å². The number of aromatic amines is 1. The van der Waals surface area contributed by atoms with Crippen LogP contribution in [0.5, 0.6) is 0 Å². The highest BCUT2D eigenvalue weighted by atomic mass is 19.1. The molecule has 0 saturated heterocycles. The van der Waals surface area contributed by atoms with Crippen molar-refractivity contribution in [3.05, 3.63) is 95.1 Å². The molecule has 2 heterocycles. The van der Waals surface area contributed by atoms with Gasteiger partial charge in [-0.05, 0) is 43.2 Å². The van der Waals surface area contributed by atoms with Crippen LogP contribution < -0.4 is 0 Å². The van der Waals surface area contributed by atoms with Gasteiger partial charge < -0.3 is 14.7 Å². The van der Waals surface area contributed by atoms with Crippen molar-refractivity contribution < 1.29 is 14.3 Å². The second kappa shape index (κ2) is 7.13. The summed E-state index contributed by atoms with van der Waals surface area (Å²) in [6, 6.07) is 20.0. The second-order valence-corrected chi connectivity index (χ2v) is 7.84. The highest BCUT2D eigenvalue weighted by molar-refractivity contribution is 6.19. The minimum Gasteiger partial charge on any atom is -0.477 e. The summed E-state index contributed by atoms with van der Waals surface area (Å²) in [5.74, 6) is -1.52. The topological polar surface area (TPSA) is 58.0 Å². The smallest absolute Gasteiger partial charge is 0.353 e. The van der Waals surface area contributed by atoms with Gasteiger partial charge in [-0.25, -0.2) is 9.18 Å². The number of carbonyl (C=O) groups is 1. The van der Waals surface area contributed by atoms with Crippen LogP contribution in [0.1, 0.15) is 27.3 Å². The van der Waals surface area contributed by atoms with Gasteiger partial charge in [0, 0.05) is 39.7 Å². The van der Waals surface area contributed by atoms with Crippen molar-refractivity contribution >= 4 is 27.8 Å². The van der Waals surface area contributed by atoms with Gasteiger partial charge in [0.2, 0.25) is 0 Å². The molecule has 0 amide bonds. The van der Waals surface area contributed by atoms with Gasteiger partial charge in [-0.15, -0.1) is 0 Å². The van der Waals surface area contributed by atoms with Gasteiger partial charge in [0.25, 0.3) is 0 Å². The van der Waals surface area contributed by atoms with Crippen LogP contribution >= 0.6 is 0 Å². The molecular formula is C26H21FN2O2. The number of hydrogen-bond acceptors (Lipinski definition) is 1. The van der Waals surface area contributed by atoms with E-state index in [1.807, 2.05) is 56.3 Å². The summed E-state index contributed by atoms with van der Waals surface area (Å²) >= 11 is 0. The van der Waals surface area contributed by atoms with E-state index in [9.17, 15) is 14.3 Å². The minimum absolute atomic E-state index is 0.0923. The molecule has 5 heteroatoms. The second-order valence-electron chi connectivity index (χ2n) is 7.84. The van der Waals surface area contributed by atoms with Crippen LogP contribution in [0.2, 0.25) is 0 Å². The molecule has 2 N–H and O–H groups in total. The molecule has 4 nitrogen and oxygen atoms in total. The molecule has 154 valence electrons. The lowest BCUT2D eigenvalue weighted by molar-refractivity contribution is 0.0687. The van der Waals surface area contributed by atoms with Gasteiger partial charge in [0.05, 0.1) is 5.52 Å². The first-order chi connectivity index (χ1) is 15.0. The fourth-order valence-electron chi connectivity index (χ4n) is 4.50. The molecule has 0 aliphatic heterocycles. The number of halogens is 1. The normalized spacial score (nSPS) is 11.5. The molecule has 0 aliphatic carbocycles. The predicted octanol–water partition coefficient (Wildman–Crippen LogP) is 6.29. The van der Waals surface area contributed by atoms with E-state index < -0.39 is 11.8 Å². The lowest BCUT2D eigenvalue weighted by Crippen LogP contribution is -2.10. The Morgan fingerprint density at radius 3 is 2.39 bits per heavy atom. The monoisotopic (exact) mass is 412 g/mol. The van der Waals surface area contributed by atoms with Crippen molar-refractivity contribution in [2.45, 2.75) is 20.4 Å². The van der Waals surface area contributed by atoms with E-state index in [2.05, 4.69) is 4.98 Å². The number of rotatable bonds is 4. The van der Waals surface area contributed by atoms with Gasteiger partial charge in [0.1, 0.15) is 11.5 Å². The maximum atomic E-state index is 15.0. The van der Waals surface area contributed by atoms with Crippen LogP contribution in [0.15, 0.2) is 66.7 Å². The minimum atomic E-state index is -1.08. The van der Waals surface area contributed by atoms with Gasteiger partial charge >= 0.3 is 5.97 Å². The number of carboxylic acid groups (broad SMARTS) is 1. The average Bonchev–Trinajstić information content (AvgIpc) is 3.23. The van der Waals surface area contributed by atoms with Crippen molar-refractivity contribution in [2.75, 3.05) is 0 Å². The number of nitrogens with one attached hydrogen (secondary N) is 1. The first-order valence-corrected chi connectivity index (χ1v) is 10.1. The molecule has 0 bridgehead atoms. The van der Waals surface area contributed by atoms with E-state index in [1.165, 1.54) is 6.07 Å². The molecule has 0 aliphatic rings. The van der Waals surface area contributed by atoms with Crippen LogP contribution in [-0.2, 0) is 6.54 Å². The average molecular weight is 412 g/mol. The quantitative estimate of drug-likeness (QED) is 0.364. The summed E-state index contributed by atoms with van der Waals surface area (Å²) in [4.78, 5) is 15.9. The fraction of sp³-hybridized carbons (Fsp3) is 0.115. The highest BCUT2D eigenvalue weighted by Crippen LogP contribution is 2.42. The molecular weight excluding hydrogens is 391 g/mol. The predicted molar refractivity (Wildman–Crippen MR) is 121 cm³/mol. The maximum absolute atomic E-state index is 15.0. The third-order valence-electron chi connectivity index (χ3n) is 6.02. The Morgan fingerprint density at radius 1 is 0.968 bits per heavy atom. The molecule has 0 unspecified atom stereocenters. The van der Waals surface area contributed by atoms with Crippen LogP contribution in [0.25, 0.3) is 32.9 Å². The Labute approximate surface area is 178 Å². The van der Waals surface area contributed by atoms with Crippen LogP contribution in [0.4, 0.5) is 4.39 Å². The molecule has 0 spiro atoms. The van der Waals surface area contributed by atoms with Crippen LogP contribution in [-0.4, -0.2) is 20.6 Å². The molecule has 0 radical (unpaired) electrons. The summed E-state index contributed by atoms with van der Waals surface area (Å²) in [6.07, 6.45) is 0. The van der Waals surface area contributed by atoms with E-state index in [0.717, 1.165) is 38.6 Å². The number of aromatic carboxylic acids is 1. The first kappa shape index (κ1) is 19.1. The standard InChI is InChI=1S/C26H21FN2O2/c1-15-16(2)28-20-12-13-21-24(22(15)20)23(18-10-6-7-11-19(18)27)25(26(30)31)29(21)14-17-8-4-3-5-9-17/h3-13,28H,14H2,1-2H3,(H,30,31). The fourth-order valence-corrected chi connectivity index (χ4v) is 4.50. The highest BCUT2D eigenvalue weighted by Gasteiger charge is 2.27. The largest absolute Gasteiger partial charge is 0.477 e. The Bertz CT molecular complexity index is 1460. The molecule has 3 aromatic carbocycles. The molecule has 0 atom stereocenters. The molecule has 0 saturated carbocycles. The molecule has 5 rings (SSSR count). The number of H-pyrrole nitrogens is 1. The number of carboxylic acids is 1. The van der Waals surface area contributed by atoms with E-state index in [4.69, 9.17) is 0 Å². The Hall–Kier alpha value is -3.86. The zero-order valence-electron chi connectivity index (χ0n) is 17.2. The van der Waals surface area contributed by atoms with Crippen LogP contribution in [0, 0.1) is 19.7 Å². The van der Waals surface area contributed by atoms with Gasteiger partial charge in [0.15, 0.2) is 0 Å². The summed E-state index contributed by atoms with van der Waals surface area (Å²) in [6.45, 7) is 4.37. The zero-order valence-corrected chi connectivity index (χ0v) is 17.2. The summed E-state index contributed by atoms with van der Waals surface area (Å²) in [5, 5.41) is 12.0. The van der Waals surface area contributed by atoms with Gasteiger partial charge in [-0.3, -0.25) is 0 Å². The molecule has 0 fully saturated rings. The van der Waals surface area contributed by atoms with Crippen LogP contribution in [0.3, 0.4) is 0 Å². The first-order valence-electron chi connectivity index (χ1n) is 10.1. The van der Waals surface area contributed by atoms with Crippen molar-refractivity contribution in [3.63, 3.8) is 0 Å². The number of aromatic nitrogens is 2. The number of nitrogens with zero attached hydrogens (tertiary/aromatic N) is 1. The number of benzene rings is 3. The lowest BCUT2D eigenvalue weighted by Gasteiger charge is -2.10. The van der Waals surface area contributed by atoms with Gasteiger partial charge in [-0.1, -0.05) is 48.5 Å². The number of hydrogen-bond donors (Lipinski definition) is 2. The zero-order chi connectivity index (χ0) is 21.7. The van der Waals surface area contributed by atoms with Crippen molar-refractivity contribution in [2.24, 2.45) is 0 Å². The summed E-state index contributed by atoms with van der Waals surface area (Å²) < 4.78 is 16.8. The third kappa shape index (κ3) is 2.93. The third-order valence-corrected chi connectivity index (χ3v) is 6.02. The molecule has 31 heavy (non-hydrogen) atoms. The van der Waals surface area contributed by atoms with E-state index in [1.54, 1.807) is 22.8 Å². The molecule has 5 aromatic rings. The van der Waals surface area contributed by atoms with E-state index in [0.29, 0.717) is 17.7 Å². The number of aryl methyl sites for hydroxylation is 2. The lowest BCUT2D eigenvalue weighted by atomic mass is 9.97. The van der Waals surface area contributed by atoms with E-state index in [-0.39, 0.29) is 5.69 Å². The number of fused-ring (bicyclic) bond motifs is 3. The maximum Gasteiger partial charge on any atom is 0.353 e. The van der Waals surface area contributed by atoms with Gasteiger partial charge in [-0.2, -0.15) is 0 Å². The van der Waals surface area contributed by atoms with Crippen molar-refractivity contribution in [3.8, 4) is 11.1 Å². The van der Waals surface area contributed by atoms with E-state index >= 15 is 0 Å². The SMILES string of the molecule is Cc1[nH]c2ccc3c(c(-c4ccccc4F)c(C(=O)O)n3Cc3ccccc3)c2c1C. The Balaban J connectivity index is 1.98. The Morgan fingerprint density at radius 2 is 1.68 bits per heavy atom.